The molecule has 1 unspecified atom stereocenters. The van der Waals surface area contributed by atoms with Crippen molar-refractivity contribution < 1.29 is 14.6 Å². The Morgan fingerprint density at radius 3 is 2.78 bits per heavy atom. The van der Waals surface area contributed by atoms with E-state index in [1.165, 1.54) is 6.07 Å². The Hall–Kier alpha value is -0.810. The summed E-state index contributed by atoms with van der Waals surface area (Å²) in [6.45, 7) is 1.11. The van der Waals surface area contributed by atoms with Gasteiger partial charge in [-0.25, -0.2) is 0 Å². The highest BCUT2D eigenvalue weighted by Gasteiger charge is 2.21. The lowest BCUT2D eigenvalue weighted by Gasteiger charge is -2.16. The molecule has 0 spiro atoms. The lowest BCUT2D eigenvalue weighted by molar-refractivity contribution is -0.139. The van der Waals surface area contributed by atoms with Crippen LogP contribution in [-0.2, 0) is 9.53 Å². The molecule has 18 heavy (non-hydrogen) atoms. The number of rotatable bonds is 7. The molecule has 1 aromatic carbocycles. The zero-order valence-electron chi connectivity index (χ0n) is 9.95. The van der Waals surface area contributed by atoms with Gasteiger partial charge in [0, 0.05) is 23.8 Å². The fraction of sp³-hybridized carbons (Fsp3) is 0.417. The van der Waals surface area contributed by atoms with Crippen molar-refractivity contribution in [1.82, 2.24) is 5.32 Å². The van der Waals surface area contributed by atoms with Gasteiger partial charge in [0.2, 0.25) is 0 Å². The maximum atomic E-state index is 11.2. The fourth-order valence-electron chi connectivity index (χ4n) is 1.53. The number of benzene rings is 1. The molecule has 0 bridgehead atoms. The summed E-state index contributed by atoms with van der Waals surface area (Å²) in [5.74, 6) is -0.975. The summed E-state index contributed by atoms with van der Waals surface area (Å²) in [4.78, 5) is 11.2. The highest BCUT2D eigenvalue weighted by Crippen LogP contribution is 2.26. The van der Waals surface area contributed by atoms with Crippen LogP contribution in [0.15, 0.2) is 18.2 Å². The van der Waals surface area contributed by atoms with Gasteiger partial charge < -0.3 is 15.2 Å². The first-order valence-electron chi connectivity index (χ1n) is 5.46. The van der Waals surface area contributed by atoms with Gasteiger partial charge in [-0.2, -0.15) is 0 Å². The average molecular weight is 292 g/mol. The molecule has 0 aliphatic rings. The third-order valence-electron chi connectivity index (χ3n) is 2.39. The van der Waals surface area contributed by atoms with Gasteiger partial charge in [0.1, 0.15) is 6.04 Å². The van der Waals surface area contributed by atoms with Gasteiger partial charge in [-0.05, 0) is 30.7 Å². The van der Waals surface area contributed by atoms with E-state index < -0.39 is 12.0 Å². The fourth-order valence-corrected chi connectivity index (χ4v) is 2.05. The number of methoxy groups -OCH3 is 1. The number of aliphatic carboxylic acids is 1. The van der Waals surface area contributed by atoms with Gasteiger partial charge >= 0.3 is 5.97 Å². The van der Waals surface area contributed by atoms with E-state index in [1.807, 2.05) is 0 Å². The summed E-state index contributed by atoms with van der Waals surface area (Å²) < 4.78 is 4.90. The second kappa shape index (κ2) is 7.59. The van der Waals surface area contributed by atoms with Crippen LogP contribution in [0.1, 0.15) is 18.0 Å². The van der Waals surface area contributed by atoms with E-state index >= 15 is 0 Å². The standard InChI is InChI=1S/C12H15Cl2NO3/c1-18-6-2-5-15-11(12(16)17)9-4-3-8(13)7-10(9)14/h3-4,7,11,15H,2,5-6H2,1H3,(H,16,17). The molecule has 0 saturated carbocycles. The van der Waals surface area contributed by atoms with E-state index in [2.05, 4.69) is 5.32 Å². The monoisotopic (exact) mass is 291 g/mol. The highest BCUT2D eigenvalue weighted by molar-refractivity contribution is 6.35. The number of hydrogen-bond donors (Lipinski definition) is 2. The summed E-state index contributed by atoms with van der Waals surface area (Å²) in [7, 11) is 1.60. The van der Waals surface area contributed by atoms with Crippen LogP contribution in [0.2, 0.25) is 10.0 Å². The van der Waals surface area contributed by atoms with Crippen LogP contribution >= 0.6 is 23.2 Å². The predicted octanol–water partition coefficient (Wildman–Crippen LogP) is 2.75. The minimum absolute atomic E-state index is 0.342. The molecule has 0 saturated heterocycles. The largest absolute Gasteiger partial charge is 0.480 e. The number of carboxylic acid groups (broad SMARTS) is 1. The minimum Gasteiger partial charge on any atom is -0.480 e. The van der Waals surface area contributed by atoms with Crippen LogP contribution in [0.3, 0.4) is 0 Å². The molecule has 0 aliphatic carbocycles. The third-order valence-corrected chi connectivity index (χ3v) is 2.96. The lowest BCUT2D eigenvalue weighted by Crippen LogP contribution is -2.30. The Balaban J connectivity index is 2.75. The van der Waals surface area contributed by atoms with E-state index in [4.69, 9.17) is 27.9 Å². The molecule has 2 N–H and O–H groups in total. The SMILES string of the molecule is COCCCNC(C(=O)O)c1ccc(Cl)cc1Cl. The average Bonchev–Trinajstić information content (AvgIpc) is 2.30. The van der Waals surface area contributed by atoms with E-state index in [0.717, 1.165) is 6.42 Å². The molecule has 0 fully saturated rings. The lowest BCUT2D eigenvalue weighted by atomic mass is 10.1. The summed E-state index contributed by atoms with van der Waals surface area (Å²) >= 11 is 11.8. The molecule has 1 aromatic rings. The van der Waals surface area contributed by atoms with Gasteiger partial charge in [-0.15, -0.1) is 0 Å². The van der Waals surface area contributed by atoms with Crippen LogP contribution in [-0.4, -0.2) is 31.3 Å². The Bertz CT molecular complexity index is 412. The van der Waals surface area contributed by atoms with Crippen LogP contribution in [0.4, 0.5) is 0 Å². The summed E-state index contributed by atoms with van der Waals surface area (Å²) in [6.07, 6.45) is 0.728. The predicted molar refractivity (Wildman–Crippen MR) is 71.3 cm³/mol. The van der Waals surface area contributed by atoms with Gasteiger partial charge in [0.05, 0.1) is 0 Å². The Morgan fingerprint density at radius 2 is 2.22 bits per heavy atom. The molecule has 1 atom stereocenters. The van der Waals surface area contributed by atoms with Crippen molar-refractivity contribution in [2.45, 2.75) is 12.5 Å². The van der Waals surface area contributed by atoms with E-state index in [9.17, 15) is 9.90 Å². The van der Waals surface area contributed by atoms with Gasteiger partial charge in [-0.3, -0.25) is 4.79 Å². The molecule has 0 radical (unpaired) electrons. The third kappa shape index (κ3) is 4.46. The summed E-state index contributed by atoms with van der Waals surface area (Å²) in [6, 6.07) is 3.93. The van der Waals surface area contributed by atoms with Crippen molar-refractivity contribution in [2.24, 2.45) is 0 Å². The zero-order valence-corrected chi connectivity index (χ0v) is 11.5. The molecule has 0 heterocycles. The molecular weight excluding hydrogens is 277 g/mol. The molecule has 4 nitrogen and oxygen atoms in total. The van der Waals surface area contributed by atoms with Crippen molar-refractivity contribution in [3.8, 4) is 0 Å². The first kappa shape index (κ1) is 15.2. The van der Waals surface area contributed by atoms with E-state index in [1.54, 1.807) is 19.2 Å². The second-order valence-electron chi connectivity index (χ2n) is 3.74. The number of carbonyl (C=O) groups is 1. The number of ether oxygens (including phenoxy) is 1. The molecular formula is C12H15Cl2NO3. The normalized spacial score (nSPS) is 12.4. The van der Waals surface area contributed by atoms with Crippen LogP contribution in [0.25, 0.3) is 0 Å². The molecule has 100 valence electrons. The minimum atomic E-state index is -0.975. The smallest absolute Gasteiger partial charge is 0.325 e. The first-order valence-corrected chi connectivity index (χ1v) is 6.22. The number of carboxylic acids is 1. The maximum Gasteiger partial charge on any atom is 0.325 e. The van der Waals surface area contributed by atoms with Crippen molar-refractivity contribution in [1.29, 1.82) is 0 Å². The quantitative estimate of drug-likeness (QED) is 0.759. The Labute approximate surface area is 116 Å². The highest BCUT2D eigenvalue weighted by atomic mass is 35.5. The maximum absolute atomic E-state index is 11.2. The van der Waals surface area contributed by atoms with Crippen LogP contribution < -0.4 is 5.32 Å². The van der Waals surface area contributed by atoms with Crippen molar-refractivity contribution >= 4 is 29.2 Å². The van der Waals surface area contributed by atoms with E-state index in [0.29, 0.717) is 28.8 Å². The topological polar surface area (TPSA) is 58.6 Å². The number of nitrogens with one attached hydrogen (secondary N) is 1. The molecule has 6 heteroatoms. The molecule has 1 rings (SSSR count). The molecule has 0 amide bonds. The van der Waals surface area contributed by atoms with Crippen LogP contribution in [0.5, 0.6) is 0 Å². The molecule has 0 aliphatic heterocycles. The van der Waals surface area contributed by atoms with Crippen molar-refractivity contribution in [3.63, 3.8) is 0 Å². The van der Waals surface area contributed by atoms with Crippen molar-refractivity contribution in [3.05, 3.63) is 33.8 Å². The number of hydrogen-bond acceptors (Lipinski definition) is 3. The van der Waals surface area contributed by atoms with E-state index in [-0.39, 0.29) is 0 Å². The summed E-state index contributed by atoms with van der Waals surface area (Å²) in [5.41, 5.74) is 0.506. The van der Waals surface area contributed by atoms with Gasteiger partial charge in [-0.1, -0.05) is 29.3 Å². The Kier molecular flexibility index (Phi) is 6.43. The molecule has 0 aromatic heterocycles. The van der Waals surface area contributed by atoms with Gasteiger partial charge in [0.15, 0.2) is 0 Å². The first-order chi connectivity index (χ1) is 8.56. The van der Waals surface area contributed by atoms with Crippen molar-refractivity contribution in [2.75, 3.05) is 20.3 Å². The van der Waals surface area contributed by atoms with Gasteiger partial charge in [0.25, 0.3) is 0 Å². The second-order valence-corrected chi connectivity index (χ2v) is 4.58. The summed E-state index contributed by atoms with van der Waals surface area (Å²) in [5, 5.41) is 12.9. The zero-order chi connectivity index (χ0) is 13.5. The Morgan fingerprint density at radius 1 is 1.50 bits per heavy atom. The number of halogens is 2. The van der Waals surface area contributed by atoms with Crippen LogP contribution in [0, 0.1) is 0 Å².